The highest BCUT2D eigenvalue weighted by molar-refractivity contribution is 7.53. The van der Waals surface area contributed by atoms with Gasteiger partial charge in [0.1, 0.15) is 0 Å². The monoisotopic (exact) mass is 465 g/mol. The largest absolute Gasteiger partial charge is 0.335 e. The Morgan fingerprint density at radius 2 is 1.53 bits per heavy atom. The Hall–Kier alpha value is -2.49. The van der Waals surface area contributed by atoms with E-state index in [1.807, 2.05) is 74.5 Å². The van der Waals surface area contributed by atoms with Gasteiger partial charge < -0.3 is 9.05 Å². The summed E-state index contributed by atoms with van der Waals surface area (Å²) in [5, 5.41) is 1.69. The van der Waals surface area contributed by atoms with Gasteiger partial charge in [0.15, 0.2) is 0 Å². The van der Waals surface area contributed by atoms with Crippen LogP contribution in [0, 0.1) is 0 Å². The van der Waals surface area contributed by atoms with Gasteiger partial charge in [0, 0.05) is 16.0 Å². The lowest BCUT2D eigenvalue weighted by Crippen LogP contribution is -1.99. The van der Waals surface area contributed by atoms with E-state index in [9.17, 15) is 4.57 Å². The topological polar surface area (TPSA) is 48.4 Å². The lowest BCUT2D eigenvalue weighted by molar-refractivity contribution is 0.219. The Morgan fingerprint density at radius 1 is 0.844 bits per heavy atom. The van der Waals surface area contributed by atoms with Crippen molar-refractivity contribution in [2.75, 3.05) is 13.2 Å². The minimum absolute atomic E-state index is 0.244. The molecule has 0 atom stereocenters. The molecule has 0 saturated carbocycles. The molecule has 0 unspecified atom stereocenters. The second-order valence-electron chi connectivity index (χ2n) is 7.38. The van der Waals surface area contributed by atoms with Crippen LogP contribution in [0.5, 0.6) is 0 Å². The quantitative estimate of drug-likeness (QED) is 0.247. The number of pyridine rings is 1. The van der Waals surface area contributed by atoms with Crippen LogP contribution < -0.4 is 0 Å². The van der Waals surface area contributed by atoms with Crippen molar-refractivity contribution < 1.29 is 13.6 Å². The van der Waals surface area contributed by atoms with Crippen LogP contribution in [0.3, 0.4) is 0 Å². The summed E-state index contributed by atoms with van der Waals surface area (Å²) < 4.78 is 23.7. The normalized spacial score (nSPS) is 11.7. The maximum absolute atomic E-state index is 12.8. The van der Waals surface area contributed by atoms with Gasteiger partial charge in [-0.1, -0.05) is 66.2 Å². The van der Waals surface area contributed by atoms with Crippen LogP contribution in [0.25, 0.3) is 33.3 Å². The van der Waals surface area contributed by atoms with E-state index in [1.54, 1.807) is 0 Å². The molecular formula is C26H25ClNO3P. The fourth-order valence-corrected chi connectivity index (χ4v) is 5.60. The lowest BCUT2D eigenvalue weighted by Gasteiger charge is -2.17. The first kappa shape index (κ1) is 22.7. The van der Waals surface area contributed by atoms with Crippen molar-refractivity contribution in [2.45, 2.75) is 20.0 Å². The van der Waals surface area contributed by atoms with Crippen molar-refractivity contribution in [1.82, 2.24) is 4.98 Å². The molecule has 0 bridgehead atoms. The lowest BCUT2D eigenvalue weighted by atomic mass is 9.98. The minimum atomic E-state index is -3.14. The molecule has 4 aromatic rings. The number of aromatic nitrogens is 1. The first-order valence-corrected chi connectivity index (χ1v) is 12.7. The Morgan fingerprint density at radius 3 is 2.19 bits per heavy atom. The van der Waals surface area contributed by atoms with Gasteiger partial charge in [-0.3, -0.25) is 4.57 Å². The summed E-state index contributed by atoms with van der Waals surface area (Å²) in [5.74, 6) is 0. The zero-order chi connectivity index (χ0) is 22.6. The zero-order valence-electron chi connectivity index (χ0n) is 18.1. The summed E-state index contributed by atoms with van der Waals surface area (Å²) in [6.45, 7) is 4.33. The molecule has 0 fully saturated rings. The number of benzene rings is 3. The fourth-order valence-electron chi connectivity index (χ4n) is 3.73. The van der Waals surface area contributed by atoms with Crippen LogP contribution in [-0.4, -0.2) is 18.2 Å². The van der Waals surface area contributed by atoms with Gasteiger partial charge in [-0.2, -0.15) is 0 Å². The summed E-state index contributed by atoms with van der Waals surface area (Å²) in [4.78, 5) is 4.87. The molecular weight excluding hydrogens is 441 g/mol. The zero-order valence-corrected chi connectivity index (χ0v) is 19.8. The van der Waals surface area contributed by atoms with Gasteiger partial charge >= 0.3 is 7.60 Å². The van der Waals surface area contributed by atoms with Crippen molar-refractivity contribution in [3.63, 3.8) is 0 Å². The van der Waals surface area contributed by atoms with E-state index >= 15 is 0 Å². The van der Waals surface area contributed by atoms with Gasteiger partial charge in [-0.25, -0.2) is 4.98 Å². The summed E-state index contributed by atoms with van der Waals surface area (Å²) in [5.41, 5.74) is 5.80. The molecule has 6 heteroatoms. The summed E-state index contributed by atoms with van der Waals surface area (Å²) in [7, 11) is -3.14. The van der Waals surface area contributed by atoms with Gasteiger partial charge in [-0.05, 0) is 54.8 Å². The smallest absolute Gasteiger partial charge is 0.309 e. The number of hydrogen-bond donors (Lipinski definition) is 0. The SMILES string of the molecule is CCOP(=O)(Cc1ccc(-c2cc(-c3ccccc3)c3cc(Cl)ccc3n2)cc1)OCC. The number of halogens is 1. The molecule has 0 N–H and O–H groups in total. The number of rotatable bonds is 8. The first-order chi connectivity index (χ1) is 15.5. The standard InChI is InChI=1S/C26H25ClNO3P/c1-3-30-32(29,31-4-2)18-19-10-12-21(13-11-19)26-17-23(20-8-6-5-7-9-20)24-16-22(27)14-15-25(24)28-26/h5-17H,3-4,18H2,1-2H3. The Labute approximate surface area is 193 Å². The van der Waals surface area contributed by atoms with Crippen molar-refractivity contribution in [1.29, 1.82) is 0 Å². The van der Waals surface area contributed by atoms with E-state index in [0.29, 0.717) is 18.2 Å². The summed E-state index contributed by atoms with van der Waals surface area (Å²) >= 11 is 6.28. The van der Waals surface area contributed by atoms with Gasteiger partial charge in [0.25, 0.3) is 0 Å². The first-order valence-electron chi connectivity index (χ1n) is 10.6. The van der Waals surface area contributed by atoms with Crippen LogP contribution in [0.15, 0.2) is 78.9 Å². The Bertz CT molecular complexity index is 1250. The third kappa shape index (κ3) is 5.11. The minimum Gasteiger partial charge on any atom is -0.309 e. The fraction of sp³-hybridized carbons (Fsp3) is 0.192. The van der Waals surface area contributed by atoms with Gasteiger partial charge in [0.2, 0.25) is 0 Å². The molecule has 1 heterocycles. The van der Waals surface area contributed by atoms with Crippen LogP contribution in [0.4, 0.5) is 0 Å². The second-order valence-corrected chi connectivity index (χ2v) is 9.87. The van der Waals surface area contributed by atoms with E-state index in [1.165, 1.54) is 0 Å². The molecule has 4 nitrogen and oxygen atoms in total. The molecule has 164 valence electrons. The molecule has 0 aliphatic rings. The average Bonchev–Trinajstić information content (AvgIpc) is 2.80. The molecule has 0 aliphatic carbocycles. The van der Waals surface area contributed by atoms with Crippen LogP contribution in [-0.2, 0) is 19.8 Å². The molecule has 4 rings (SSSR count). The number of nitrogens with zero attached hydrogens (tertiary/aromatic N) is 1. The molecule has 0 amide bonds. The van der Waals surface area contributed by atoms with Crippen LogP contribution in [0.2, 0.25) is 5.02 Å². The third-order valence-corrected chi connectivity index (χ3v) is 7.42. The molecule has 1 aromatic heterocycles. The van der Waals surface area contributed by atoms with E-state index in [4.69, 9.17) is 25.6 Å². The van der Waals surface area contributed by atoms with Crippen molar-refractivity contribution in [3.05, 3.63) is 89.4 Å². The summed E-state index contributed by atoms with van der Waals surface area (Å²) in [6.07, 6.45) is 0.244. The molecule has 0 radical (unpaired) electrons. The highest BCUT2D eigenvalue weighted by Crippen LogP contribution is 2.51. The molecule has 32 heavy (non-hydrogen) atoms. The maximum Gasteiger partial charge on any atom is 0.335 e. The predicted octanol–water partition coefficient (Wildman–Crippen LogP) is 7.99. The molecule has 0 aliphatic heterocycles. The van der Waals surface area contributed by atoms with E-state index in [-0.39, 0.29) is 6.16 Å². The number of fused-ring (bicyclic) bond motifs is 1. The highest BCUT2D eigenvalue weighted by atomic mass is 35.5. The Balaban J connectivity index is 1.72. The van der Waals surface area contributed by atoms with E-state index < -0.39 is 7.60 Å². The number of hydrogen-bond acceptors (Lipinski definition) is 4. The molecule has 0 spiro atoms. The average molecular weight is 466 g/mol. The predicted molar refractivity (Wildman–Crippen MR) is 132 cm³/mol. The van der Waals surface area contributed by atoms with E-state index in [2.05, 4.69) is 18.2 Å². The Kier molecular flexibility index (Phi) is 7.07. The molecule has 0 saturated heterocycles. The van der Waals surface area contributed by atoms with Crippen LogP contribution >= 0.6 is 19.2 Å². The third-order valence-electron chi connectivity index (χ3n) is 5.13. The van der Waals surface area contributed by atoms with Crippen LogP contribution in [0.1, 0.15) is 19.4 Å². The van der Waals surface area contributed by atoms with Crippen molar-refractivity contribution >= 4 is 30.1 Å². The summed E-state index contributed by atoms with van der Waals surface area (Å²) in [6, 6.07) is 26.0. The maximum atomic E-state index is 12.8. The van der Waals surface area contributed by atoms with Crippen molar-refractivity contribution in [2.24, 2.45) is 0 Å². The molecule has 3 aromatic carbocycles. The van der Waals surface area contributed by atoms with Gasteiger partial charge in [0.05, 0.1) is 30.6 Å². The van der Waals surface area contributed by atoms with Crippen molar-refractivity contribution in [3.8, 4) is 22.4 Å². The second kappa shape index (κ2) is 9.97. The highest BCUT2D eigenvalue weighted by Gasteiger charge is 2.24. The van der Waals surface area contributed by atoms with Gasteiger partial charge in [-0.15, -0.1) is 0 Å². The van der Waals surface area contributed by atoms with E-state index in [0.717, 1.165) is 38.9 Å².